The second-order valence-corrected chi connectivity index (χ2v) is 9.99. The van der Waals surface area contributed by atoms with Crippen molar-refractivity contribution in [3.63, 3.8) is 0 Å². The summed E-state index contributed by atoms with van der Waals surface area (Å²) in [5.41, 5.74) is 3.68. The number of sulfonamides is 1. The Morgan fingerprint density at radius 3 is 2.31 bits per heavy atom. The minimum atomic E-state index is -3.76. The Bertz CT molecular complexity index is 1190. The number of hydrogen-bond donors (Lipinski definition) is 1. The van der Waals surface area contributed by atoms with E-state index in [-0.39, 0.29) is 17.2 Å². The van der Waals surface area contributed by atoms with Crippen molar-refractivity contribution in [1.82, 2.24) is 9.97 Å². The van der Waals surface area contributed by atoms with Crippen LogP contribution in [0.1, 0.15) is 23.4 Å². The summed E-state index contributed by atoms with van der Waals surface area (Å²) in [4.78, 5) is 21.5. The summed E-state index contributed by atoms with van der Waals surface area (Å²) >= 11 is 1.48. The van der Waals surface area contributed by atoms with Crippen LogP contribution in [0, 0.1) is 13.8 Å². The SMILES string of the molecule is CSc1nc(C)c(CCC(=O)Nc2cccc(S(=O)(=O)N(C)c3ccccc3)c2)c(C)n1. The summed E-state index contributed by atoms with van der Waals surface area (Å²) in [6.07, 6.45) is 2.67. The van der Waals surface area contributed by atoms with Crippen LogP contribution in [-0.2, 0) is 21.2 Å². The molecule has 1 aromatic heterocycles. The number of carbonyl (C=O) groups is 1. The van der Waals surface area contributed by atoms with Crippen LogP contribution < -0.4 is 9.62 Å². The van der Waals surface area contributed by atoms with Crippen molar-refractivity contribution in [3.8, 4) is 0 Å². The lowest BCUT2D eigenvalue weighted by molar-refractivity contribution is -0.116. The van der Waals surface area contributed by atoms with Gasteiger partial charge in [-0.15, -0.1) is 0 Å². The Morgan fingerprint density at radius 2 is 1.69 bits per heavy atom. The van der Waals surface area contributed by atoms with Gasteiger partial charge in [0, 0.05) is 30.5 Å². The molecule has 2 aromatic carbocycles. The van der Waals surface area contributed by atoms with E-state index in [0.29, 0.717) is 23.0 Å². The van der Waals surface area contributed by atoms with Crippen LogP contribution in [0.3, 0.4) is 0 Å². The number of aryl methyl sites for hydroxylation is 2. The van der Waals surface area contributed by atoms with Crippen LogP contribution in [-0.4, -0.2) is 37.6 Å². The molecule has 32 heavy (non-hydrogen) atoms. The van der Waals surface area contributed by atoms with E-state index in [4.69, 9.17) is 0 Å². The predicted molar refractivity (Wildman–Crippen MR) is 129 cm³/mol. The molecule has 0 bridgehead atoms. The molecule has 0 saturated heterocycles. The molecule has 0 fully saturated rings. The molecular formula is C23H26N4O3S2. The lowest BCUT2D eigenvalue weighted by Gasteiger charge is -2.20. The Hall–Kier alpha value is -2.91. The molecule has 168 valence electrons. The first kappa shape index (κ1) is 23.7. The van der Waals surface area contributed by atoms with Gasteiger partial charge in [-0.1, -0.05) is 36.0 Å². The summed E-state index contributed by atoms with van der Waals surface area (Å²) in [6, 6.07) is 15.1. The fourth-order valence-corrected chi connectivity index (χ4v) is 4.99. The fourth-order valence-electron chi connectivity index (χ4n) is 3.29. The zero-order valence-electron chi connectivity index (χ0n) is 18.5. The molecule has 9 heteroatoms. The largest absolute Gasteiger partial charge is 0.326 e. The maximum atomic E-state index is 13.0. The molecule has 1 amide bonds. The van der Waals surface area contributed by atoms with Gasteiger partial charge in [0.25, 0.3) is 10.0 Å². The van der Waals surface area contributed by atoms with Gasteiger partial charge in [0.05, 0.1) is 10.6 Å². The van der Waals surface area contributed by atoms with E-state index in [0.717, 1.165) is 17.0 Å². The number of carbonyl (C=O) groups excluding carboxylic acids is 1. The van der Waals surface area contributed by atoms with E-state index < -0.39 is 10.0 Å². The van der Waals surface area contributed by atoms with E-state index in [2.05, 4.69) is 15.3 Å². The smallest absolute Gasteiger partial charge is 0.264 e. The first-order chi connectivity index (χ1) is 15.2. The molecule has 0 aliphatic carbocycles. The van der Waals surface area contributed by atoms with Gasteiger partial charge in [0.2, 0.25) is 5.91 Å². The van der Waals surface area contributed by atoms with E-state index in [1.165, 1.54) is 35.2 Å². The van der Waals surface area contributed by atoms with E-state index in [1.807, 2.05) is 26.2 Å². The normalized spacial score (nSPS) is 11.2. The highest BCUT2D eigenvalue weighted by atomic mass is 32.2. The van der Waals surface area contributed by atoms with Crippen molar-refractivity contribution in [2.45, 2.75) is 36.7 Å². The lowest BCUT2D eigenvalue weighted by Crippen LogP contribution is -2.26. The van der Waals surface area contributed by atoms with E-state index in [1.54, 1.807) is 36.4 Å². The number of aromatic nitrogens is 2. The van der Waals surface area contributed by atoms with Crippen LogP contribution in [0.5, 0.6) is 0 Å². The van der Waals surface area contributed by atoms with Gasteiger partial charge in [-0.25, -0.2) is 18.4 Å². The van der Waals surface area contributed by atoms with Crippen molar-refractivity contribution < 1.29 is 13.2 Å². The highest BCUT2D eigenvalue weighted by Gasteiger charge is 2.21. The van der Waals surface area contributed by atoms with Crippen molar-refractivity contribution in [3.05, 3.63) is 71.5 Å². The first-order valence-corrected chi connectivity index (χ1v) is 12.7. The number of rotatable bonds is 8. The second-order valence-electron chi connectivity index (χ2n) is 7.24. The molecule has 1 heterocycles. The lowest BCUT2D eigenvalue weighted by atomic mass is 10.1. The quantitative estimate of drug-likeness (QED) is 0.392. The van der Waals surface area contributed by atoms with Crippen LogP contribution in [0.4, 0.5) is 11.4 Å². The Balaban J connectivity index is 1.70. The number of nitrogens with zero attached hydrogens (tertiary/aromatic N) is 3. The van der Waals surface area contributed by atoms with Crippen molar-refractivity contribution in [1.29, 1.82) is 0 Å². The van der Waals surface area contributed by atoms with Crippen LogP contribution in [0.25, 0.3) is 0 Å². The molecule has 7 nitrogen and oxygen atoms in total. The number of amides is 1. The van der Waals surface area contributed by atoms with Gasteiger partial charge in [0.1, 0.15) is 0 Å². The third kappa shape index (κ3) is 5.46. The van der Waals surface area contributed by atoms with Gasteiger partial charge in [-0.2, -0.15) is 0 Å². The highest BCUT2D eigenvalue weighted by Crippen LogP contribution is 2.24. The van der Waals surface area contributed by atoms with E-state index >= 15 is 0 Å². The van der Waals surface area contributed by atoms with E-state index in [9.17, 15) is 13.2 Å². The average Bonchev–Trinajstić information content (AvgIpc) is 2.78. The Morgan fingerprint density at radius 1 is 1.03 bits per heavy atom. The average molecular weight is 471 g/mol. The van der Waals surface area contributed by atoms with Crippen molar-refractivity contribution >= 4 is 39.1 Å². The second kappa shape index (κ2) is 10.1. The minimum Gasteiger partial charge on any atom is -0.326 e. The standard InChI is InChI=1S/C23H26N4O3S2/c1-16-21(17(2)25-23(24-16)31-4)13-14-22(28)26-18-9-8-12-20(15-18)32(29,30)27(3)19-10-6-5-7-11-19/h5-12,15H,13-14H2,1-4H3,(H,26,28). The number of benzene rings is 2. The zero-order valence-corrected chi connectivity index (χ0v) is 20.1. The third-order valence-electron chi connectivity index (χ3n) is 5.08. The summed E-state index contributed by atoms with van der Waals surface area (Å²) < 4.78 is 27.2. The molecule has 0 aliphatic heterocycles. The number of hydrogen-bond acceptors (Lipinski definition) is 6. The Kier molecular flexibility index (Phi) is 7.52. The maximum absolute atomic E-state index is 13.0. The summed E-state index contributed by atoms with van der Waals surface area (Å²) in [7, 11) is -2.26. The van der Waals surface area contributed by atoms with Gasteiger partial charge >= 0.3 is 0 Å². The molecule has 0 atom stereocenters. The number of nitrogens with one attached hydrogen (secondary N) is 1. The number of thioether (sulfide) groups is 1. The number of anilines is 2. The van der Waals surface area contributed by atoms with Crippen LogP contribution in [0.15, 0.2) is 64.6 Å². The van der Waals surface area contributed by atoms with Gasteiger partial charge in [-0.05, 0) is 62.4 Å². The van der Waals surface area contributed by atoms with Crippen LogP contribution in [0.2, 0.25) is 0 Å². The fraction of sp³-hybridized carbons (Fsp3) is 0.261. The molecular weight excluding hydrogens is 444 g/mol. The molecule has 0 unspecified atom stereocenters. The van der Waals surface area contributed by atoms with Crippen molar-refractivity contribution in [2.75, 3.05) is 22.9 Å². The minimum absolute atomic E-state index is 0.106. The predicted octanol–water partition coefficient (Wildman–Crippen LogP) is 4.21. The monoisotopic (exact) mass is 470 g/mol. The van der Waals surface area contributed by atoms with Crippen molar-refractivity contribution in [2.24, 2.45) is 0 Å². The maximum Gasteiger partial charge on any atom is 0.264 e. The molecule has 0 aliphatic rings. The molecule has 0 saturated carbocycles. The summed E-state index contributed by atoms with van der Waals surface area (Å²) in [6.45, 7) is 3.83. The highest BCUT2D eigenvalue weighted by molar-refractivity contribution is 7.98. The first-order valence-electron chi connectivity index (χ1n) is 10.0. The van der Waals surface area contributed by atoms with Gasteiger partial charge < -0.3 is 5.32 Å². The topological polar surface area (TPSA) is 92.3 Å². The Labute approximate surface area is 193 Å². The molecule has 0 radical (unpaired) electrons. The molecule has 3 rings (SSSR count). The molecule has 0 spiro atoms. The molecule has 1 N–H and O–H groups in total. The van der Waals surface area contributed by atoms with Gasteiger partial charge in [0.15, 0.2) is 5.16 Å². The summed E-state index contributed by atoms with van der Waals surface area (Å²) in [5.74, 6) is -0.205. The van der Waals surface area contributed by atoms with Gasteiger partial charge in [-0.3, -0.25) is 9.10 Å². The zero-order chi connectivity index (χ0) is 23.3. The summed E-state index contributed by atoms with van der Waals surface area (Å²) in [5, 5.41) is 3.51. The third-order valence-corrected chi connectivity index (χ3v) is 7.41. The number of para-hydroxylation sites is 1. The van der Waals surface area contributed by atoms with Crippen LogP contribution >= 0.6 is 11.8 Å². The molecule has 3 aromatic rings.